The van der Waals surface area contributed by atoms with Gasteiger partial charge >= 0.3 is 0 Å². The van der Waals surface area contributed by atoms with Crippen molar-refractivity contribution in [3.8, 4) is 28.6 Å². The molecule has 0 unspecified atom stereocenters. The number of methoxy groups -OCH3 is 3. The summed E-state index contributed by atoms with van der Waals surface area (Å²) < 4.78 is 25.9. The van der Waals surface area contributed by atoms with Crippen LogP contribution in [0.25, 0.3) is 11.4 Å². The summed E-state index contributed by atoms with van der Waals surface area (Å²) in [6.07, 6.45) is 0.340. The van der Waals surface area contributed by atoms with Crippen molar-refractivity contribution < 1.29 is 23.4 Å². The zero-order valence-corrected chi connectivity index (χ0v) is 13.7. The number of rotatable bonds is 6. The van der Waals surface area contributed by atoms with Crippen LogP contribution in [-0.2, 0) is 6.42 Å². The van der Waals surface area contributed by atoms with Gasteiger partial charge in [-0.15, -0.1) is 0 Å². The van der Waals surface area contributed by atoms with Gasteiger partial charge in [0.05, 0.1) is 27.8 Å². The molecule has 0 N–H and O–H groups in total. The summed E-state index contributed by atoms with van der Waals surface area (Å²) >= 11 is 0. The Bertz CT molecular complexity index is 817. The summed E-state index contributed by atoms with van der Waals surface area (Å²) in [5.41, 5.74) is 2.01. The molecule has 0 fully saturated rings. The van der Waals surface area contributed by atoms with Gasteiger partial charge in [-0.05, 0) is 19.1 Å². The molecule has 0 spiro atoms. The minimum absolute atomic E-state index is 0.340. The molecule has 0 amide bonds. The van der Waals surface area contributed by atoms with Crippen molar-refractivity contribution in [1.82, 2.24) is 20.5 Å². The lowest BCUT2D eigenvalue weighted by molar-refractivity contribution is 0.300. The van der Waals surface area contributed by atoms with Gasteiger partial charge in [0.25, 0.3) is 0 Å². The van der Waals surface area contributed by atoms with E-state index in [2.05, 4.69) is 25.1 Å². The van der Waals surface area contributed by atoms with Crippen LogP contribution in [0.5, 0.6) is 17.2 Å². The van der Waals surface area contributed by atoms with E-state index >= 15 is 0 Å². The minimum atomic E-state index is 0.340. The molecule has 0 aliphatic carbocycles. The predicted octanol–water partition coefficient (Wildman–Crippen LogP) is 2.04. The van der Waals surface area contributed by atoms with Crippen LogP contribution in [-0.4, -0.2) is 41.8 Å². The Kier molecular flexibility index (Phi) is 4.32. The maximum Gasteiger partial charge on any atom is 0.233 e. The number of hydrogen-bond donors (Lipinski definition) is 0. The van der Waals surface area contributed by atoms with Gasteiger partial charge in [-0.25, -0.2) is 4.63 Å². The minimum Gasteiger partial charge on any atom is -0.493 e. The van der Waals surface area contributed by atoms with Crippen LogP contribution in [0.2, 0.25) is 0 Å². The van der Waals surface area contributed by atoms with Gasteiger partial charge in [-0.1, -0.05) is 15.5 Å². The van der Waals surface area contributed by atoms with E-state index in [4.69, 9.17) is 18.7 Å². The van der Waals surface area contributed by atoms with Gasteiger partial charge in [-0.2, -0.15) is 4.98 Å². The predicted molar refractivity (Wildman–Crippen MR) is 81.2 cm³/mol. The lowest BCUT2D eigenvalue weighted by atomic mass is 10.1. The maximum absolute atomic E-state index is 5.33. The molecule has 0 radical (unpaired) electrons. The fraction of sp³-hybridized carbons (Fsp3) is 0.333. The molecule has 0 aliphatic rings. The molecule has 0 aliphatic heterocycles. The van der Waals surface area contributed by atoms with E-state index in [0.29, 0.717) is 52.3 Å². The van der Waals surface area contributed by atoms with Gasteiger partial charge in [-0.3, -0.25) is 0 Å². The Hall–Kier alpha value is -3.10. The molecule has 0 saturated heterocycles. The summed E-state index contributed by atoms with van der Waals surface area (Å²) in [6.45, 7) is 1.79. The van der Waals surface area contributed by atoms with E-state index in [9.17, 15) is 0 Å². The molecular formula is C15H16N4O5. The SMILES string of the molecule is COc1cc(-c2noc(Cc3nonc3C)n2)cc(OC)c1OC. The van der Waals surface area contributed by atoms with Crippen LogP contribution >= 0.6 is 0 Å². The molecule has 9 nitrogen and oxygen atoms in total. The highest BCUT2D eigenvalue weighted by Gasteiger charge is 2.18. The Morgan fingerprint density at radius 1 is 0.958 bits per heavy atom. The molecule has 3 rings (SSSR count). The van der Waals surface area contributed by atoms with Crippen molar-refractivity contribution in [3.63, 3.8) is 0 Å². The highest BCUT2D eigenvalue weighted by molar-refractivity contribution is 5.66. The molecule has 1 aromatic carbocycles. The quantitative estimate of drug-likeness (QED) is 0.670. The summed E-state index contributed by atoms with van der Waals surface area (Å²) in [5, 5.41) is 11.5. The molecule has 24 heavy (non-hydrogen) atoms. The second-order valence-electron chi connectivity index (χ2n) is 4.90. The summed E-state index contributed by atoms with van der Waals surface area (Å²) in [4.78, 5) is 4.36. The van der Waals surface area contributed by atoms with E-state index < -0.39 is 0 Å². The normalized spacial score (nSPS) is 10.7. The zero-order chi connectivity index (χ0) is 17.1. The summed E-state index contributed by atoms with van der Waals surface area (Å²) in [6, 6.07) is 3.50. The van der Waals surface area contributed by atoms with Crippen LogP contribution in [0.3, 0.4) is 0 Å². The first kappa shape index (κ1) is 15.8. The molecule has 0 bridgehead atoms. The third kappa shape index (κ3) is 2.87. The second kappa shape index (κ2) is 6.57. The summed E-state index contributed by atoms with van der Waals surface area (Å²) in [7, 11) is 4.63. The maximum atomic E-state index is 5.33. The van der Waals surface area contributed by atoms with Crippen molar-refractivity contribution in [2.75, 3.05) is 21.3 Å². The molecule has 0 atom stereocenters. The van der Waals surface area contributed by atoms with Crippen molar-refractivity contribution in [3.05, 3.63) is 29.4 Å². The van der Waals surface area contributed by atoms with E-state index in [-0.39, 0.29) is 0 Å². The lowest BCUT2D eigenvalue weighted by Gasteiger charge is -2.12. The van der Waals surface area contributed by atoms with Gasteiger partial charge in [0.2, 0.25) is 17.5 Å². The summed E-state index contributed by atoms with van der Waals surface area (Å²) in [5.74, 6) is 2.32. The molecule has 126 valence electrons. The Morgan fingerprint density at radius 2 is 1.67 bits per heavy atom. The van der Waals surface area contributed by atoms with Crippen molar-refractivity contribution in [1.29, 1.82) is 0 Å². The average molecular weight is 332 g/mol. The highest BCUT2D eigenvalue weighted by Crippen LogP contribution is 2.40. The molecule has 0 saturated carbocycles. The van der Waals surface area contributed by atoms with Crippen LogP contribution < -0.4 is 14.2 Å². The van der Waals surface area contributed by atoms with Gasteiger partial charge in [0, 0.05) is 5.56 Å². The molecule has 2 aromatic heterocycles. The van der Waals surface area contributed by atoms with E-state index in [0.717, 1.165) is 0 Å². The first-order chi connectivity index (χ1) is 11.7. The Morgan fingerprint density at radius 3 is 2.21 bits per heavy atom. The Labute approximate surface area is 137 Å². The van der Waals surface area contributed by atoms with Gasteiger partial charge < -0.3 is 18.7 Å². The molecule has 2 heterocycles. The number of ether oxygens (including phenoxy) is 3. The monoisotopic (exact) mass is 332 g/mol. The van der Waals surface area contributed by atoms with Crippen LogP contribution in [0.15, 0.2) is 21.3 Å². The first-order valence-electron chi connectivity index (χ1n) is 7.07. The van der Waals surface area contributed by atoms with Crippen LogP contribution in [0.4, 0.5) is 0 Å². The fourth-order valence-corrected chi connectivity index (χ4v) is 2.21. The first-order valence-corrected chi connectivity index (χ1v) is 7.07. The van der Waals surface area contributed by atoms with Crippen molar-refractivity contribution >= 4 is 0 Å². The molecular weight excluding hydrogens is 316 g/mol. The number of hydrogen-bond acceptors (Lipinski definition) is 9. The highest BCUT2D eigenvalue weighted by atomic mass is 16.6. The third-order valence-corrected chi connectivity index (χ3v) is 3.46. The topological polar surface area (TPSA) is 106 Å². The van der Waals surface area contributed by atoms with E-state index in [1.165, 1.54) is 0 Å². The molecule has 9 heteroatoms. The van der Waals surface area contributed by atoms with Crippen molar-refractivity contribution in [2.24, 2.45) is 0 Å². The Balaban J connectivity index is 1.93. The smallest absolute Gasteiger partial charge is 0.233 e. The second-order valence-corrected chi connectivity index (χ2v) is 4.90. The molecule has 3 aromatic rings. The standard InChI is InChI=1S/C15H16N4O5/c1-8-10(18-24-17-8)7-13-16-15(19-23-13)9-5-11(20-2)14(22-4)12(6-9)21-3/h5-6H,7H2,1-4H3. The largest absolute Gasteiger partial charge is 0.493 e. The van der Waals surface area contributed by atoms with Gasteiger partial charge in [0.1, 0.15) is 11.4 Å². The lowest BCUT2D eigenvalue weighted by Crippen LogP contribution is -1.96. The number of aryl methyl sites for hydroxylation is 1. The van der Waals surface area contributed by atoms with E-state index in [1.807, 2.05) is 0 Å². The number of nitrogens with zero attached hydrogens (tertiary/aromatic N) is 4. The number of aromatic nitrogens is 4. The van der Waals surface area contributed by atoms with Gasteiger partial charge in [0.15, 0.2) is 11.5 Å². The van der Waals surface area contributed by atoms with Crippen LogP contribution in [0.1, 0.15) is 17.3 Å². The van der Waals surface area contributed by atoms with Crippen molar-refractivity contribution in [2.45, 2.75) is 13.3 Å². The fourth-order valence-electron chi connectivity index (χ4n) is 2.21. The van der Waals surface area contributed by atoms with Crippen LogP contribution in [0, 0.1) is 6.92 Å². The zero-order valence-electron chi connectivity index (χ0n) is 13.7. The number of benzene rings is 1. The third-order valence-electron chi connectivity index (χ3n) is 3.46. The average Bonchev–Trinajstić information content (AvgIpc) is 3.23. The van der Waals surface area contributed by atoms with E-state index in [1.54, 1.807) is 40.4 Å².